The lowest BCUT2D eigenvalue weighted by Crippen LogP contribution is -2.51. The molecular weight excluding hydrogens is 272 g/mol. The van der Waals surface area contributed by atoms with Crippen molar-refractivity contribution in [3.63, 3.8) is 0 Å². The Morgan fingerprint density at radius 1 is 1.43 bits per heavy atom. The van der Waals surface area contributed by atoms with Crippen LogP contribution in [0.1, 0.15) is 5.69 Å². The third-order valence-electron chi connectivity index (χ3n) is 4.00. The van der Waals surface area contributed by atoms with Crippen LogP contribution in [-0.4, -0.2) is 73.1 Å². The lowest BCUT2D eigenvalue weighted by atomic mass is 10.1. The molecule has 0 N–H and O–H groups in total. The molecule has 0 aromatic carbocycles. The van der Waals surface area contributed by atoms with Crippen molar-refractivity contribution >= 4 is 11.7 Å². The molecule has 0 aliphatic carbocycles. The first-order valence-electron chi connectivity index (χ1n) is 7.14. The highest BCUT2D eigenvalue weighted by Gasteiger charge is 2.42. The first-order valence-corrected chi connectivity index (χ1v) is 7.14. The summed E-state index contributed by atoms with van der Waals surface area (Å²) in [6.07, 6.45) is 0.0302. The van der Waals surface area contributed by atoms with Gasteiger partial charge in [-0.1, -0.05) is 0 Å². The van der Waals surface area contributed by atoms with Crippen molar-refractivity contribution in [3.8, 4) is 0 Å². The van der Waals surface area contributed by atoms with Gasteiger partial charge in [0.15, 0.2) is 5.82 Å². The maximum atomic E-state index is 12.0. The second-order valence-corrected chi connectivity index (χ2v) is 5.43. The van der Waals surface area contributed by atoms with Crippen LogP contribution in [0.5, 0.6) is 0 Å². The van der Waals surface area contributed by atoms with Crippen molar-refractivity contribution in [2.75, 3.05) is 44.9 Å². The number of hydrogen-bond acceptors (Lipinski definition) is 6. The number of rotatable bonds is 3. The van der Waals surface area contributed by atoms with Crippen molar-refractivity contribution in [1.82, 2.24) is 15.1 Å². The van der Waals surface area contributed by atoms with Gasteiger partial charge >= 0.3 is 0 Å². The summed E-state index contributed by atoms with van der Waals surface area (Å²) in [6, 6.07) is 4.07. The molecule has 1 aromatic heterocycles. The van der Waals surface area contributed by atoms with E-state index in [9.17, 15) is 4.79 Å². The third-order valence-corrected chi connectivity index (χ3v) is 4.00. The normalized spacial score (nSPS) is 25.0. The molecule has 0 radical (unpaired) electrons. The Morgan fingerprint density at radius 3 is 3.00 bits per heavy atom. The molecule has 2 atom stereocenters. The van der Waals surface area contributed by atoms with E-state index in [0.717, 1.165) is 18.1 Å². The average Bonchev–Trinajstić information content (AvgIpc) is 2.92. The third kappa shape index (κ3) is 2.84. The van der Waals surface area contributed by atoms with Crippen molar-refractivity contribution in [1.29, 1.82) is 0 Å². The first-order chi connectivity index (χ1) is 10.2. The summed E-state index contributed by atoms with van der Waals surface area (Å²) >= 11 is 0. The van der Waals surface area contributed by atoms with E-state index in [-0.39, 0.29) is 24.7 Å². The Morgan fingerprint density at radius 2 is 2.29 bits per heavy atom. The molecular formula is C14H20N4O3. The summed E-state index contributed by atoms with van der Waals surface area (Å²) in [7, 11) is 1.53. The van der Waals surface area contributed by atoms with Gasteiger partial charge in [0.1, 0.15) is 6.61 Å². The quantitative estimate of drug-likeness (QED) is 0.771. The highest BCUT2D eigenvalue weighted by molar-refractivity contribution is 5.78. The van der Waals surface area contributed by atoms with Gasteiger partial charge in [0, 0.05) is 26.7 Å². The number of fused-ring (bicyclic) bond motifs is 1. The molecule has 1 amide bonds. The molecule has 7 nitrogen and oxygen atoms in total. The van der Waals surface area contributed by atoms with Gasteiger partial charge in [-0.3, -0.25) is 4.79 Å². The fourth-order valence-electron chi connectivity index (χ4n) is 2.94. The number of aryl methyl sites for hydroxylation is 1. The highest BCUT2D eigenvalue weighted by atomic mass is 16.5. The molecule has 0 bridgehead atoms. The van der Waals surface area contributed by atoms with E-state index in [1.807, 2.05) is 19.1 Å². The molecule has 2 aliphatic rings. The summed E-state index contributed by atoms with van der Waals surface area (Å²) in [5.74, 6) is 0.852. The number of amides is 1. The number of nitrogens with zero attached hydrogens (tertiary/aromatic N) is 4. The monoisotopic (exact) mass is 292 g/mol. The predicted molar refractivity (Wildman–Crippen MR) is 76.1 cm³/mol. The van der Waals surface area contributed by atoms with Gasteiger partial charge in [0.25, 0.3) is 0 Å². The van der Waals surface area contributed by atoms with Crippen LogP contribution >= 0.6 is 0 Å². The number of ether oxygens (including phenoxy) is 2. The molecule has 21 heavy (non-hydrogen) atoms. The van der Waals surface area contributed by atoms with E-state index in [1.165, 1.54) is 7.11 Å². The second-order valence-electron chi connectivity index (χ2n) is 5.43. The van der Waals surface area contributed by atoms with Crippen LogP contribution < -0.4 is 4.90 Å². The van der Waals surface area contributed by atoms with E-state index < -0.39 is 0 Å². The van der Waals surface area contributed by atoms with Crippen LogP contribution in [-0.2, 0) is 14.3 Å². The van der Waals surface area contributed by atoms with Gasteiger partial charge in [-0.2, -0.15) is 5.10 Å². The maximum Gasteiger partial charge on any atom is 0.248 e. The number of anilines is 1. The molecule has 3 rings (SSSR count). The van der Waals surface area contributed by atoms with Gasteiger partial charge in [-0.15, -0.1) is 5.10 Å². The van der Waals surface area contributed by atoms with E-state index in [4.69, 9.17) is 9.47 Å². The lowest BCUT2D eigenvalue weighted by Gasteiger charge is -2.37. The standard InChI is InChI=1S/C14H20N4O3/c1-10-3-4-13(16-15-10)18-5-6-21-12-8-17(7-11(12)18)14(19)9-20-2/h3-4,11-12H,5-9H2,1-2H3/t11-,12-/m0/s1. The number of morpholine rings is 1. The van der Waals surface area contributed by atoms with Gasteiger partial charge in [0.05, 0.1) is 24.4 Å². The zero-order valence-electron chi connectivity index (χ0n) is 12.4. The summed E-state index contributed by atoms with van der Waals surface area (Å²) in [5.41, 5.74) is 0.895. The minimum Gasteiger partial charge on any atom is -0.375 e. The van der Waals surface area contributed by atoms with Crippen LogP contribution in [0.25, 0.3) is 0 Å². The minimum atomic E-state index is 0.00504. The summed E-state index contributed by atoms with van der Waals surface area (Å²) in [6.45, 7) is 4.70. The molecule has 2 fully saturated rings. The molecule has 0 spiro atoms. The van der Waals surface area contributed by atoms with Crippen LogP contribution in [0, 0.1) is 6.92 Å². The van der Waals surface area contributed by atoms with Crippen molar-refractivity contribution in [2.24, 2.45) is 0 Å². The predicted octanol–water partition coefficient (Wildman–Crippen LogP) is -0.153. The summed E-state index contributed by atoms with van der Waals surface area (Å²) in [4.78, 5) is 16.0. The molecule has 2 aliphatic heterocycles. The molecule has 114 valence electrons. The summed E-state index contributed by atoms with van der Waals surface area (Å²) in [5, 5.41) is 8.38. The first kappa shape index (κ1) is 14.2. The van der Waals surface area contributed by atoms with Crippen LogP contribution in [0.4, 0.5) is 5.82 Å². The Balaban J connectivity index is 1.75. The minimum absolute atomic E-state index is 0.00504. The van der Waals surface area contributed by atoms with Crippen LogP contribution in [0.2, 0.25) is 0 Å². The SMILES string of the molecule is COCC(=O)N1C[C@@H]2OCCN(c3ccc(C)nn3)[C@H]2C1. The van der Waals surface area contributed by atoms with E-state index in [0.29, 0.717) is 19.7 Å². The van der Waals surface area contributed by atoms with E-state index >= 15 is 0 Å². The smallest absolute Gasteiger partial charge is 0.248 e. The van der Waals surface area contributed by atoms with Crippen LogP contribution in [0.15, 0.2) is 12.1 Å². The fourth-order valence-corrected chi connectivity index (χ4v) is 2.94. The number of carbonyl (C=O) groups is 1. The van der Waals surface area contributed by atoms with Gasteiger partial charge in [-0.05, 0) is 19.1 Å². The Kier molecular flexibility index (Phi) is 4.03. The maximum absolute atomic E-state index is 12.0. The van der Waals surface area contributed by atoms with Crippen molar-refractivity contribution < 1.29 is 14.3 Å². The van der Waals surface area contributed by atoms with E-state index in [2.05, 4.69) is 15.1 Å². The van der Waals surface area contributed by atoms with Crippen molar-refractivity contribution in [2.45, 2.75) is 19.1 Å². The van der Waals surface area contributed by atoms with Crippen LogP contribution in [0.3, 0.4) is 0 Å². The molecule has 0 unspecified atom stereocenters. The molecule has 0 saturated carbocycles. The Labute approximate surface area is 123 Å². The van der Waals surface area contributed by atoms with Gasteiger partial charge in [0.2, 0.25) is 5.91 Å². The summed E-state index contributed by atoms with van der Waals surface area (Å²) < 4.78 is 10.7. The fraction of sp³-hybridized carbons (Fsp3) is 0.643. The van der Waals surface area contributed by atoms with Gasteiger partial charge in [-0.25, -0.2) is 0 Å². The number of hydrogen-bond donors (Lipinski definition) is 0. The number of likely N-dealkylation sites (tertiary alicyclic amines) is 1. The second kappa shape index (κ2) is 5.95. The zero-order valence-corrected chi connectivity index (χ0v) is 12.4. The zero-order chi connectivity index (χ0) is 14.8. The largest absolute Gasteiger partial charge is 0.375 e. The Bertz CT molecular complexity index is 507. The average molecular weight is 292 g/mol. The molecule has 2 saturated heterocycles. The van der Waals surface area contributed by atoms with Crippen molar-refractivity contribution in [3.05, 3.63) is 17.8 Å². The highest BCUT2D eigenvalue weighted by Crippen LogP contribution is 2.26. The lowest BCUT2D eigenvalue weighted by molar-refractivity contribution is -0.134. The topological polar surface area (TPSA) is 67.8 Å². The molecule has 1 aromatic rings. The Hall–Kier alpha value is -1.73. The number of carbonyl (C=O) groups excluding carboxylic acids is 1. The molecule has 7 heteroatoms. The number of aromatic nitrogens is 2. The van der Waals surface area contributed by atoms with E-state index in [1.54, 1.807) is 4.90 Å². The molecule has 3 heterocycles. The van der Waals surface area contributed by atoms with Gasteiger partial charge < -0.3 is 19.3 Å². The number of methoxy groups -OCH3 is 1.